The molecule has 0 bridgehead atoms. The van der Waals surface area contributed by atoms with E-state index < -0.39 is 0 Å². The fourth-order valence-corrected chi connectivity index (χ4v) is 3.31. The van der Waals surface area contributed by atoms with E-state index in [0.29, 0.717) is 20.1 Å². The molecule has 1 saturated heterocycles. The minimum atomic E-state index is 0.221. The Kier molecular flexibility index (Phi) is 6.63. The molecule has 0 aromatic heterocycles. The monoisotopic (exact) mass is 390 g/mol. The molecule has 1 atom stereocenters. The van der Waals surface area contributed by atoms with E-state index in [4.69, 9.17) is 14.2 Å². The van der Waals surface area contributed by atoms with E-state index in [1.54, 1.807) is 0 Å². The fourth-order valence-electron chi connectivity index (χ4n) is 3.31. The minimum Gasteiger partial charge on any atom is -0.492 e. The highest BCUT2D eigenvalue weighted by molar-refractivity contribution is 5.22. The normalized spacial score (nSPS) is 17.2. The second-order valence-electron chi connectivity index (χ2n) is 7.03. The predicted molar refractivity (Wildman–Crippen MR) is 113 cm³/mol. The zero-order valence-electron chi connectivity index (χ0n) is 16.4. The Morgan fingerprint density at radius 2 is 1.10 bits per heavy atom. The standard InChI is InChI=1S/C24H26N2O3/c1-4-10-22(11-5-1)27-17-21-16-25(19-28-23-12-6-2-7-13-23)18-26(21)20-29-24-14-8-3-9-15-24/h1-15,21H,16-20H2. The van der Waals surface area contributed by atoms with Crippen LogP contribution in [0.5, 0.6) is 17.2 Å². The van der Waals surface area contributed by atoms with Crippen molar-refractivity contribution in [3.05, 3.63) is 91.0 Å². The molecule has 3 aromatic rings. The molecule has 4 rings (SSSR count). The van der Waals surface area contributed by atoms with Crippen LogP contribution in [0.25, 0.3) is 0 Å². The lowest BCUT2D eigenvalue weighted by molar-refractivity contribution is 0.0722. The fraction of sp³-hybridized carbons (Fsp3) is 0.250. The average Bonchev–Trinajstić information content (AvgIpc) is 3.19. The van der Waals surface area contributed by atoms with Crippen LogP contribution in [0.3, 0.4) is 0 Å². The molecule has 1 aliphatic heterocycles. The Hall–Kier alpha value is -3.02. The van der Waals surface area contributed by atoms with Crippen LogP contribution in [-0.4, -0.2) is 49.1 Å². The van der Waals surface area contributed by atoms with Crippen molar-refractivity contribution in [3.63, 3.8) is 0 Å². The van der Waals surface area contributed by atoms with E-state index >= 15 is 0 Å². The Labute approximate surface area is 172 Å². The summed E-state index contributed by atoms with van der Waals surface area (Å²) < 4.78 is 17.9. The van der Waals surface area contributed by atoms with Gasteiger partial charge in [-0.1, -0.05) is 54.6 Å². The highest BCUT2D eigenvalue weighted by atomic mass is 16.5. The van der Waals surface area contributed by atoms with Crippen LogP contribution >= 0.6 is 0 Å². The molecule has 0 aliphatic carbocycles. The molecule has 0 N–H and O–H groups in total. The van der Waals surface area contributed by atoms with Crippen LogP contribution in [0.1, 0.15) is 0 Å². The van der Waals surface area contributed by atoms with Gasteiger partial charge in [0.15, 0.2) is 0 Å². The summed E-state index contributed by atoms with van der Waals surface area (Å²) in [5.41, 5.74) is 0. The van der Waals surface area contributed by atoms with E-state index in [2.05, 4.69) is 9.80 Å². The SMILES string of the molecule is c1ccc(OCC2CN(COc3ccccc3)CN2COc2ccccc2)cc1. The van der Waals surface area contributed by atoms with E-state index in [1.807, 2.05) is 91.0 Å². The van der Waals surface area contributed by atoms with Gasteiger partial charge in [-0.3, -0.25) is 9.80 Å². The quantitative estimate of drug-likeness (QED) is 0.550. The van der Waals surface area contributed by atoms with Gasteiger partial charge in [-0.05, 0) is 36.4 Å². The Morgan fingerprint density at radius 3 is 1.66 bits per heavy atom. The molecule has 3 aromatic carbocycles. The van der Waals surface area contributed by atoms with Crippen LogP contribution in [0.4, 0.5) is 0 Å². The lowest BCUT2D eigenvalue weighted by Crippen LogP contribution is -2.38. The number of nitrogens with zero attached hydrogens (tertiary/aromatic N) is 2. The molecule has 1 fully saturated rings. The van der Waals surface area contributed by atoms with Gasteiger partial charge in [-0.2, -0.15) is 0 Å². The first-order valence-electron chi connectivity index (χ1n) is 9.87. The highest BCUT2D eigenvalue weighted by Gasteiger charge is 2.31. The number of rotatable bonds is 9. The van der Waals surface area contributed by atoms with Crippen LogP contribution in [0.15, 0.2) is 91.0 Å². The van der Waals surface area contributed by atoms with Gasteiger partial charge in [0.1, 0.15) is 37.3 Å². The molecule has 5 heteroatoms. The average molecular weight is 390 g/mol. The van der Waals surface area contributed by atoms with E-state index in [9.17, 15) is 0 Å². The zero-order chi connectivity index (χ0) is 19.7. The number of ether oxygens (including phenoxy) is 3. The second-order valence-corrected chi connectivity index (χ2v) is 7.03. The lowest BCUT2D eigenvalue weighted by atomic mass is 10.3. The summed E-state index contributed by atoms with van der Waals surface area (Å²) >= 11 is 0. The molecular formula is C24H26N2O3. The predicted octanol–water partition coefficient (Wildman–Crippen LogP) is 4.08. The van der Waals surface area contributed by atoms with Crippen molar-refractivity contribution in [1.29, 1.82) is 0 Å². The number of hydrogen-bond acceptors (Lipinski definition) is 5. The van der Waals surface area contributed by atoms with Crippen molar-refractivity contribution in [3.8, 4) is 17.2 Å². The summed E-state index contributed by atoms with van der Waals surface area (Å²) in [4.78, 5) is 4.55. The molecule has 0 amide bonds. The Morgan fingerprint density at radius 1 is 0.621 bits per heavy atom. The van der Waals surface area contributed by atoms with Crippen LogP contribution in [-0.2, 0) is 0 Å². The van der Waals surface area contributed by atoms with Crippen LogP contribution < -0.4 is 14.2 Å². The largest absolute Gasteiger partial charge is 0.492 e. The Balaban J connectivity index is 1.35. The first-order chi connectivity index (χ1) is 14.4. The molecular weight excluding hydrogens is 364 g/mol. The van der Waals surface area contributed by atoms with Crippen molar-refractivity contribution in [2.24, 2.45) is 0 Å². The van der Waals surface area contributed by atoms with E-state index in [1.165, 1.54) is 0 Å². The molecule has 1 unspecified atom stereocenters. The maximum atomic E-state index is 6.02. The van der Waals surface area contributed by atoms with Gasteiger partial charge >= 0.3 is 0 Å². The maximum absolute atomic E-state index is 6.02. The van der Waals surface area contributed by atoms with Gasteiger partial charge in [-0.25, -0.2) is 0 Å². The number of para-hydroxylation sites is 3. The van der Waals surface area contributed by atoms with Gasteiger partial charge < -0.3 is 14.2 Å². The molecule has 1 aliphatic rings. The summed E-state index contributed by atoms with van der Waals surface area (Å²) in [6.07, 6.45) is 0. The molecule has 0 spiro atoms. The molecule has 5 nitrogen and oxygen atoms in total. The third kappa shape index (κ3) is 5.73. The minimum absolute atomic E-state index is 0.221. The van der Waals surface area contributed by atoms with Crippen molar-refractivity contribution in [2.45, 2.75) is 6.04 Å². The van der Waals surface area contributed by atoms with Gasteiger partial charge in [0.05, 0.1) is 12.7 Å². The van der Waals surface area contributed by atoms with Gasteiger partial charge in [0.2, 0.25) is 0 Å². The van der Waals surface area contributed by atoms with Crippen LogP contribution in [0, 0.1) is 0 Å². The molecule has 0 radical (unpaired) electrons. The van der Waals surface area contributed by atoms with E-state index in [0.717, 1.165) is 30.5 Å². The lowest BCUT2D eigenvalue weighted by Gasteiger charge is -2.23. The van der Waals surface area contributed by atoms with Gasteiger partial charge in [0.25, 0.3) is 0 Å². The molecule has 0 saturated carbocycles. The topological polar surface area (TPSA) is 34.2 Å². The smallest absolute Gasteiger partial charge is 0.143 e. The highest BCUT2D eigenvalue weighted by Crippen LogP contribution is 2.18. The summed E-state index contributed by atoms with van der Waals surface area (Å²) in [6, 6.07) is 29.9. The third-order valence-corrected chi connectivity index (χ3v) is 4.85. The van der Waals surface area contributed by atoms with Gasteiger partial charge in [0, 0.05) is 6.54 Å². The number of hydrogen-bond donors (Lipinski definition) is 0. The first kappa shape index (κ1) is 19.3. The van der Waals surface area contributed by atoms with Crippen molar-refractivity contribution < 1.29 is 14.2 Å². The van der Waals surface area contributed by atoms with Crippen molar-refractivity contribution in [1.82, 2.24) is 9.80 Å². The van der Waals surface area contributed by atoms with Crippen LogP contribution in [0.2, 0.25) is 0 Å². The molecule has 1 heterocycles. The van der Waals surface area contributed by atoms with E-state index in [-0.39, 0.29) is 6.04 Å². The maximum Gasteiger partial charge on any atom is 0.143 e. The summed E-state index contributed by atoms with van der Waals surface area (Å²) in [5, 5.41) is 0. The summed E-state index contributed by atoms with van der Waals surface area (Å²) in [7, 11) is 0. The number of benzene rings is 3. The summed E-state index contributed by atoms with van der Waals surface area (Å²) in [5.74, 6) is 2.63. The third-order valence-electron chi connectivity index (χ3n) is 4.85. The Bertz CT molecular complexity index is 794. The second kappa shape index (κ2) is 9.96. The van der Waals surface area contributed by atoms with Gasteiger partial charge in [-0.15, -0.1) is 0 Å². The zero-order valence-corrected chi connectivity index (χ0v) is 16.4. The summed E-state index contributed by atoms with van der Waals surface area (Å²) in [6.45, 7) is 3.27. The molecule has 29 heavy (non-hydrogen) atoms. The van der Waals surface area contributed by atoms with Crippen molar-refractivity contribution >= 4 is 0 Å². The van der Waals surface area contributed by atoms with Crippen molar-refractivity contribution in [2.75, 3.05) is 33.3 Å². The molecule has 150 valence electrons. The first-order valence-corrected chi connectivity index (χ1v) is 9.87.